The lowest BCUT2D eigenvalue weighted by Crippen LogP contribution is -2.42. The van der Waals surface area contributed by atoms with Gasteiger partial charge in [0.1, 0.15) is 5.60 Å². The summed E-state index contributed by atoms with van der Waals surface area (Å²) < 4.78 is 5.37. The normalized spacial score (nSPS) is 21.2. The topological polar surface area (TPSA) is 87.2 Å². The molecule has 0 bridgehead atoms. The SMILES string of the molecule is CC(C)(C)OC(=O)N1CC=C(CCC(=O)N2CCC[C@@H](C(=O)O)C2)CC1. The Hall–Kier alpha value is -2.05. The van der Waals surface area contributed by atoms with Gasteiger partial charge in [0.2, 0.25) is 5.91 Å². The number of ether oxygens (including phenoxy) is 1. The summed E-state index contributed by atoms with van der Waals surface area (Å²) in [5.74, 6) is -1.24. The first-order valence-corrected chi connectivity index (χ1v) is 9.32. The number of piperidine rings is 1. The minimum Gasteiger partial charge on any atom is -0.481 e. The molecule has 0 aromatic heterocycles. The number of aliphatic carboxylic acids is 1. The molecule has 1 N–H and O–H groups in total. The van der Waals surface area contributed by atoms with Gasteiger partial charge in [-0.05, 0) is 46.5 Å². The second kappa shape index (κ2) is 8.56. The lowest BCUT2D eigenvalue weighted by Gasteiger charge is -2.31. The molecule has 2 rings (SSSR count). The molecule has 1 saturated heterocycles. The lowest BCUT2D eigenvalue weighted by molar-refractivity contribution is -0.145. The molecule has 146 valence electrons. The van der Waals surface area contributed by atoms with E-state index in [2.05, 4.69) is 0 Å². The van der Waals surface area contributed by atoms with E-state index in [1.807, 2.05) is 26.8 Å². The molecule has 0 saturated carbocycles. The standard InChI is InChI=1S/C19H30N2O5/c1-19(2,3)26-18(25)20-11-8-14(9-12-20)6-7-16(22)21-10-4-5-15(13-21)17(23)24/h8,15H,4-7,9-13H2,1-3H3,(H,23,24)/t15-/m1/s1. The zero-order valence-electron chi connectivity index (χ0n) is 16.0. The van der Waals surface area contributed by atoms with Crippen LogP contribution < -0.4 is 0 Å². The molecule has 2 amide bonds. The molecule has 1 atom stereocenters. The van der Waals surface area contributed by atoms with E-state index in [4.69, 9.17) is 9.84 Å². The molecule has 7 nitrogen and oxygen atoms in total. The smallest absolute Gasteiger partial charge is 0.410 e. The quantitative estimate of drug-likeness (QED) is 0.773. The number of likely N-dealkylation sites (tertiary alicyclic amines) is 1. The fourth-order valence-electron chi connectivity index (χ4n) is 3.26. The van der Waals surface area contributed by atoms with Gasteiger partial charge in [0.25, 0.3) is 0 Å². The maximum atomic E-state index is 12.4. The monoisotopic (exact) mass is 366 g/mol. The number of hydrogen-bond acceptors (Lipinski definition) is 4. The first-order chi connectivity index (χ1) is 12.2. The van der Waals surface area contributed by atoms with Gasteiger partial charge in [0.05, 0.1) is 5.92 Å². The van der Waals surface area contributed by atoms with E-state index in [0.29, 0.717) is 45.4 Å². The Kier molecular flexibility index (Phi) is 6.67. The van der Waals surface area contributed by atoms with Crippen LogP contribution in [0.2, 0.25) is 0 Å². The van der Waals surface area contributed by atoms with Crippen molar-refractivity contribution in [2.45, 2.75) is 58.5 Å². The fourth-order valence-corrected chi connectivity index (χ4v) is 3.26. The van der Waals surface area contributed by atoms with Crippen LogP contribution in [0.3, 0.4) is 0 Å². The highest BCUT2D eigenvalue weighted by Crippen LogP contribution is 2.21. The highest BCUT2D eigenvalue weighted by Gasteiger charge is 2.28. The number of amides is 2. The van der Waals surface area contributed by atoms with E-state index in [9.17, 15) is 14.4 Å². The van der Waals surface area contributed by atoms with Crippen LogP contribution in [0.4, 0.5) is 4.79 Å². The van der Waals surface area contributed by atoms with Gasteiger partial charge >= 0.3 is 12.1 Å². The number of carboxylic acid groups (broad SMARTS) is 1. The summed E-state index contributed by atoms with van der Waals surface area (Å²) >= 11 is 0. The van der Waals surface area contributed by atoms with Gasteiger partial charge in [-0.2, -0.15) is 0 Å². The van der Waals surface area contributed by atoms with E-state index >= 15 is 0 Å². The highest BCUT2D eigenvalue weighted by atomic mass is 16.6. The summed E-state index contributed by atoms with van der Waals surface area (Å²) in [7, 11) is 0. The molecule has 7 heteroatoms. The Morgan fingerprint density at radius 1 is 1.23 bits per heavy atom. The average molecular weight is 366 g/mol. The van der Waals surface area contributed by atoms with Crippen molar-refractivity contribution in [3.63, 3.8) is 0 Å². The minimum absolute atomic E-state index is 0.0198. The Balaban J connectivity index is 1.77. The van der Waals surface area contributed by atoms with Crippen LogP contribution in [0.5, 0.6) is 0 Å². The first kappa shape index (κ1) is 20.3. The van der Waals surface area contributed by atoms with Gasteiger partial charge < -0.3 is 19.6 Å². The van der Waals surface area contributed by atoms with Crippen molar-refractivity contribution < 1.29 is 24.2 Å². The van der Waals surface area contributed by atoms with Gasteiger partial charge in [-0.15, -0.1) is 0 Å². The average Bonchev–Trinajstić information content (AvgIpc) is 2.58. The van der Waals surface area contributed by atoms with Crippen molar-refractivity contribution in [3.8, 4) is 0 Å². The van der Waals surface area contributed by atoms with Crippen molar-refractivity contribution in [1.29, 1.82) is 0 Å². The van der Waals surface area contributed by atoms with E-state index in [1.54, 1.807) is 9.80 Å². The Morgan fingerprint density at radius 2 is 1.96 bits per heavy atom. The fraction of sp³-hybridized carbons (Fsp3) is 0.737. The summed E-state index contributed by atoms with van der Waals surface area (Å²) in [6.45, 7) is 7.60. The summed E-state index contributed by atoms with van der Waals surface area (Å²) in [6, 6.07) is 0. The van der Waals surface area contributed by atoms with Crippen molar-refractivity contribution in [2.24, 2.45) is 5.92 Å². The van der Waals surface area contributed by atoms with Gasteiger partial charge in [0.15, 0.2) is 0 Å². The summed E-state index contributed by atoms with van der Waals surface area (Å²) in [4.78, 5) is 38.9. The van der Waals surface area contributed by atoms with Crippen molar-refractivity contribution in [2.75, 3.05) is 26.2 Å². The molecular formula is C19H30N2O5. The zero-order valence-corrected chi connectivity index (χ0v) is 16.0. The van der Waals surface area contributed by atoms with Crippen LogP contribution in [0, 0.1) is 5.92 Å². The number of carbonyl (C=O) groups is 3. The number of nitrogens with zero attached hydrogens (tertiary/aromatic N) is 2. The third-order valence-electron chi connectivity index (χ3n) is 4.74. The van der Waals surface area contributed by atoms with Crippen LogP contribution in [0.25, 0.3) is 0 Å². The molecule has 2 aliphatic heterocycles. The molecule has 0 radical (unpaired) electrons. The number of hydrogen-bond donors (Lipinski definition) is 1. The molecule has 0 unspecified atom stereocenters. The van der Waals surface area contributed by atoms with E-state index < -0.39 is 17.5 Å². The molecule has 1 fully saturated rings. The third-order valence-corrected chi connectivity index (χ3v) is 4.74. The molecule has 26 heavy (non-hydrogen) atoms. The molecule has 0 spiro atoms. The van der Waals surface area contributed by atoms with Gasteiger partial charge in [-0.25, -0.2) is 4.79 Å². The van der Waals surface area contributed by atoms with Crippen molar-refractivity contribution in [1.82, 2.24) is 9.80 Å². The number of carbonyl (C=O) groups excluding carboxylic acids is 2. The van der Waals surface area contributed by atoms with E-state index in [0.717, 1.165) is 12.8 Å². The lowest BCUT2D eigenvalue weighted by atomic mass is 9.97. The molecule has 0 aromatic carbocycles. The summed E-state index contributed by atoms with van der Waals surface area (Å²) in [5.41, 5.74) is 0.667. The van der Waals surface area contributed by atoms with E-state index in [-0.39, 0.29) is 12.0 Å². The second-order valence-corrected chi connectivity index (χ2v) is 8.06. The second-order valence-electron chi connectivity index (χ2n) is 8.06. The van der Waals surface area contributed by atoms with Crippen LogP contribution in [0.1, 0.15) is 52.9 Å². The Morgan fingerprint density at radius 3 is 2.54 bits per heavy atom. The first-order valence-electron chi connectivity index (χ1n) is 9.32. The predicted octanol–water partition coefficient (Wildman–Crippen LogP) is 2.66. The molecule has 0 aromatic rings. The largest absolute Gasteiger partial charge is 0.481 e. The maximum absolute atomic E-state index is 12.4. The van der Waals surface area contributed by atoms with Crippen LogP contribution in [-0.4, -0.2) is 64.7 Å². The number of rotatable bonds is 4. The number of carboxylic acids is 1. The Labute approximate surface area is 155 Å². The molecule has 0 aliphatic carbocycles. The molecular weight excluding hydrogens is 336 g/mol. The maximum Gasteiger partial charge on any atom is 0.410 e. The summed E-state index contributed by atoms with van der Waals surface area (Å²) in [6.07, 6.45) is 4.87. The van der Waals surface area contributed by atoms with Crippen LogP contribution in [0.15, 0.2) is 11.6 Å². The predicted molar refractivity (Wildman–Crippen MR) is 96.7 cm³/mol. The minimum atomic E-state index is -0.820. The van der Waals surface area contributed by atoms with Crippen LogP contribution >= 0.6 is 0 Å². The van der Waals surface area contributed by atoms with Crippen molar-refractivity contribution in [3.05, 3.63) is 11.6 Å². The van der Waals surface area contributed by atoms with Crippen molar-refractivity contribution >= 4 is 18.0 Å². The third kappa shape index (κ3) is 6.04. The van der Waals surface area contributed by atoms with Gasteiger partial charge in [0, 0.05) is 32.6 Å². The van der Waals surface area contributed by atoms with E-state index in [1.165, 1.54) is 5.57 Å². The molecule has 2 aliphatic rings. The zero-order chi connectivity index (χ0) is 19.3. The molecule has 2 heterocycles. The Bertz CT molecular complexity index is 579. The van der Waals surface area contributed by atoms with Gasteiger partial charge in [-0.1, -0.05) is 11.6 Å². The van der Waals surface area contributed by atoms with Gasteiger partial charge in [-0.3, -0.25) is 9.59 Å². The summed E-state index contributed by atoms with van der Waals surface area (Å²) in [5, 5.41) is 9.12. The van der Waals surface area contributed by atoms with Crippen LogP contribution in [-0.2, 0) is 14.3 Å². The highest BCUT2D eigenvalue weighted by molar-refractivity contribution is 5.78.